The second kappa shape index (κ2) is 6.34. The van der Waals surface area contributed by atoms with Crippen LogP contribution in [0.25, 0.3) is 0 Å². The van der Waals surface area contributed by atoms with Gasteiger partial charge < -0.3 is 10.1 Å². The molecule has 2 rings (SSSR count). The third-order valence-electron chi connectivity index (χ3n) is 3.81. The molecule has 1 saturated heterocycles. The lowest BCUT2D eigenvalue weighted by atomic mass is 9.93. The first-order valence-electron chi connectivity index (χ1n) is 7.03. The molecule has 3 atom stereocenters. The molecule has 2 heterocycles. The zero-order valence-corrected chi connectivity index (χ0v) is 11.7. The molecule has 4 heteroatoms. The topological polar surface area (TPSA) is 39.1 Å². The lowest BCUT2D eigenvalue weighted by Crippen LogP contribution is -2.42. The van der Waals surface area contributed by atoms with E-state index in [4.69, 9.17) is 4.74 Å². The van der Waals surface area contributed by atoms with Crippen LogP contribution in [0.2, 0.25) is 0 Å². The van der Waals surface area contributed by atoms with Crippen LogP contribution in [0, 0.1) is 5.92 Å². The molecule has 0 bridgehead atoms. The van der Waals surface area contributed by atoms with E-state index in [1.807, 2.05) is 17.9 Å². The van der Waals surface area contributed by atoms with Gasteiger partial charge in [0.25, 0.3) is 0 Å². The summed E-state index contributed by atoms with van der Waals surface area (Å²) < 4.78 is 7.76. The molecule has 1 N–H and O–H groups in total. The van der Waals surface area contributed by atoms with Gasteiger partial charge in [-0.15, -0.1) is 0 Å². The molecule has 102 valence electrons. The van der Waals surface area contributed by atoms with Crippen LogP contribution in [0.3, 0.4) is 0 Å². The molecule has 0 spiro atoms. The van der Waals surface area contributed by atoms with Gasteiger partial charge in [-0.1, -0.05) is 13.8 Å². The van der Waals surface area contributed by atoms with Crippen molar-refractivity contribution < 1.29 is 4.74 Å². The zero-order valence-electron chi connectivity index (χ0n) is 11.7. The van der Waals surface area contributed by atoms with Crippen LogP contribution < -0.4 is 5.32 Å². The van der Waals surface area contributed by atoms with E-state index in [0.29, 0.717) is 18.1 Å². The molecule has 4 nitrogen and oxygen atoms in total. The molecular formula is C14H25N3O. The number of nitrogens with zero attached hydrogens (tertiary/aromatic N) is 2. The van der Waals surface area contributed by atoms with Crippen molar-refractivity contribution >= 4 is 0 Å². The highest BCUT2D eigenvalue weighted by Gasteiger charge is 2.31. The molecule has 3 unspecified atom stereocenters. The van der Waals surface area contributed by atoms with Gasteiger partial charge >= 0.3 is 0 Å². The summed E-state index contributed by atoms with van der Waals surface area (Å²) in [6.45, 7) is 6.38. The van der Waals surface area contributed by atoms with Crippen molar-refractivity contribution in [1.82, 2.24) is 15.1 Å². The van der Waals surface area contributed by atoms with E-state index in [2.05, 4.69) is 30.5 Å². The molecule has 1 aliphatic rings. The molecule has 0 amide bonds. The molecule has 18 heavy (non-hydrogen) atoms. The number of ether oxygens (including phenoxy) is 1. The first-order valence-corrected chi connectivity index (χ1v) is 7.03. The largest absolute Gasteiger partial charge is 0.376 e. The first-order chi connectivity index (χ1) is 8.70. The minimum absolute atomic E-state index is 0.377. The Bertz CT molecular complexity index is 364. The summed E-state index contributed by atoms with van der Waals surface area (Å²) in [5.74, 6) is 0.669. The van der Waals surface area contributed by atoms with Gasteiger partial charge in [-0.3, -0.25) is 4.68 Å². The fourth-order valence-electron chi connectivity index (χ4n) is 2.80. The normalized spacial score (nSPS) is 25.5. The standard InChI is InChI=1S/C14H25N3O/c1-4-15-13(14-11(2)7-8-18-14)6-5-12-9-16-17(3)10-12/h9-11,13-15H,4-8H2,1-3H3. The number of nitrogens with one attached hydrogen (secondary N) is 1. The predicted molar refractivity (Wildman–Crippen MR) is 72.5 cm³/mol. The molecule has 1 fully saturated rings. The highest BCUT2D eigenvalue weighted by Crippen LogP contribution is 2.25. The van der Waals surface area contributed by atoms with E-state index in [9.17, 15) is 0 Å². The predicted octanol–water partition coefficient (Wildman–Crippen LogP) is 1.76. The number of likely N-dealkylation sites (N-methyl/N-ethyl adjacent to an activating group) is 1. The summed E-state index contributed by atoms with van der Waals surface area (Å²) in [4.78, 5) is 0. The van der Waals surface area contributed by atoms with Crippen molar-refractivity contribution in [1.29, 1.82) is 0 Å². The van der Waals surface area contributed by atoms with Gasteiger partial charge in [-0.25, -0.2) is 0 Å². The Morgan fingerprint density at radius 2 is 2.44 bits per heavy atom. The summed E-state index contributed by atoms with van der Waals surface area (Å²) >= 11 is 0. The van der Waals surface area contributed by atoms with E-state index in [1.54, 1.807) is 0 Å². The van der Waals surface area contributed by atoms with Gasteiger partial charge in [0.2, 0.25) is 0 Å². The quantitative estimate of drug-likeness (QED) is 0.837. The van der Waals surface area contributed by atoms with Crippen molar-refractivity contribution in [2.75, 3.05) is 13.2 Å². The number of rotatable bonds is 6. The van der Waals surface area contributed by atoms with Gasteiger partial charge in [0.15, 0.2) is 0 Å². The van der Waals surface area contributed by atoms with Crippen LogP contribution >= 0.6 is 0 Å². The third-order valence-corrected chi connectivity index (χ3v) is 3.81. The van der Waals surface area contributed by atoms with E-state index in [0.717, 1.165) is 26.0 Å². The molecule has 1 aromatic heterocycles. The average Bonchev–Trinajstić information content (AvgIpc) is 2.94. The second-order valence-electron chi connectivity index (χ2n) is 5.33. The van der Waals surface area contributed by atoms with Crippen LogP contribution in [0.5, 0.6) is 0 Å². The lowest BCUT2D eigenvalue weighted by molar-refractivity contribution is 0.0588. The van der Waals surface area contributed by atoms with E-state index < -0.39 is 0 Å². The van der Waals surface area contributed by atoms with Gasteiger partial charge in [-0.2, -0.15) is 5.10 Å². The SMILES string of the molecule is CCNC(CCc1cnn(C)c1)C1OCCC1C. The average molecular weight is 251 g/mol. The smallest absolute Gasteiger partial charge is 0.0754 e. The van der Waals surface area contributed by atoms with Crippen LogP contribution in [0.4, 0.5) is 0 Å². The first kappa shape index (κ1) is 13.6. The number of hydrogen-bond donors (Lipinski definition) is 1. The van der Waals surface area contributed by atoms with Crippen LogP contribution in [-0.4, -0.2) is 35.1 Å². The molecule has 0 aliphatic carbocycles. The monoisotopic (exact) mass is 251 g/mol. The maximum Gasteiger partial charge on any atom is 0.0754 e. The number of hydrogen-bond acceptors (Lipinski definition) is 3. The summed E-state index contributed by atoms with van der Waals surface area (Å²) in [7, 11) is 1.97. The highest BCUT2D eigenvalue weighted by atomic mass is 16.5. The zero-order chi connectivity index (χ0) is 13.0. The Morgan fingerprint density at radius 3 is 3.00 bits per heavy atom. The molecule has 1 aliphatic heterocycles. The lowest BCUT2D eigenvalue weighted by Gasteiger charge is -2.26. The molecule has 0 radical (unpaired) electrons. The molecular weight excluding hydrogens is 226 g/mol. The fourth-order valence-corrected chi connectivity index (χ4v) is 2.80. The minimum Gasteiger partial charge on any atom is -0.376 e. The van der Waals surface area contributed by atoms with Gasteiger partial charge in [0.1, 0.15) is 0 Å². The van der Waals surface area contributed by atoms with Crippen molar-refractivity contribution in [2.45, 2.75) is 45.3 Å². The minimum atomic E-state index is 0.377. The Hall–Kier alpha value is -0.870. The Morgan fingerprint density at radius 1 is 1.61 bits per heavy atom. The summed E-state index contributed by atoms with van der Waals surface area (Å²) in [5.41, 5.74) is 1.31. The Kier molecular flexibility index (Phi) is 4.78. The molecule has 0 saturated carbocycles. The van der Waals surface area contributed by atoms with E-state index in [1.165, 1.54) is 12.0 Å². The number of aryl methyl sites for hydroxylation is 2. The van der Waals surface area contributed by atoms with Crippen molar-refractivity contribution in [2.24, 2.45) is 13.0 Å². The van der Waals surface area contributed by atoms with Gasteiger partial charge in [0, 0.05) is 25.9 Å². The molecule has 1 aromatic rings. The van der Waals surface area contributed by atoms with Crippen LogP contribution in [-0.2, 0) is 18.2 Å². The van der Waals surface area contributed by atoms with Crippen molar-refractivity contribution in [3.63, 3.8) is 0 Å². The molecule has 0 aromatic carbocycles. The van der Waals surface area contributed by atoms with Gasteiger partial charge in [-0.05, 0) is 37.3 Å². The van der Waals surface area contributed by atoms with Crippen molar-refractivity contribution in [3.8, 4) is 0 Å². The van der Waals surface area contributed by atoms with Gasteiger partial charge in [0.05, 0.1) is 12.3 Å². The Labute approximate surface area is 110 Å². The maximum atomic E-state index is 5.89. The van der Waals surface area contributed by atoms with E-state index in [-0.39, 0.29) is 0 Å². The second-order valence-corrected chi connectivity index (χ2v) is 5.33. The summed E-state index contributed by atoms with van der Waals surface area (Å²) in [6.07, 6.45) is 7.82. The fraction of sp³-hybridized carbons (Fsp3) is 0.786. The van der Waals surface area contributed by atoms with Crippen LogP contribution in [0.15, 0.2) is 12.4 Å². The highest BCUT2D eigenvalue weighted by molar-refractivity contribution is 5.04. The maximum absolute atomic E-state index is 5.89. The number of aromatic nitrogens is 2. The summed E-state index contributed by atoms with van der Waals surface area (Å²) in [5, 5.41) is 7.80. The Balaban J connectivity index is 1.89. The third kappa shape index (κ3) is 3.33. The van der Waals surface area contributed by atoms with Crippen LogP contribution in [0.1, 0.15) is 32.3 Å². The van der Waals surface area contributed by atoms with Crippen molar-refractivity contribution in [3.05, 3.63) is 18.0 Å². The van der Waals surface area contributed by atoms with E-state index >= 15 is 0 Å². The summed E-state index contributed by atoms with van der Waals surface area (Å²) in [6, 6.07) is 0.465.